The fraction of sp³-hybridized carbons (Fsp3) is 0.0769. The van der Waals surface area contributed by atoms with Gasteiger partial charge >= 0.3 is 0 Å². The van der Waals surface area contributed by atoms with Gasteiger partial charge in [0.25, 0.3) is 0 Å². The predicted molar refractivity (Wildman–Crippen MR) is 114 cm³/mol. The summed E-state index contributed by atoms with van der Waals surface area (Å²) in [6.45, 7) is 0. The highest BCUT2D eigenvalue weighted by molar-refractivity contribution is 5.94. The topological polar surface area (TPSA) is 29.5 Å². The van der Waals surface area contributed by atoms with Crippen molar-refractivity contribution in [1.82, 2.24) is 0 Å². The summed E-state index contributed by atoms with van der Waals surface area (Å²) >= 11 is 0. The van der Waals surface area contributed by atoms with E-state index in [1.54, 1.807) is 7.11 Å². The molecular weight excluding hydrogens is 344 g/mol. The standard InChI is InChI=1S/C26H20O2/c1-28-24-15-7-11-20-10-6-14-23(25(20)24)26(27)21-12-4-2-8-18(21)16-17-19-9-3-5-13-22(19)26/h2-17,27H,1H3. The Labute approximate surface area is 164 Å². The predicted octanol–water partition coefficient (Wildman–Crippen LogP) is 5.62. The lowest BCUT2D eigenvalue weighted by Gasteiger charge is -2.33. The summed E-state index contributed by atoms with van der Waals surface area (Å²) in [7, 11) is 1.67. The van der Waals surface area contributed by atoms with Crippen molar-refractivity contribution in [1.29, 1.82) is 0 Å². The third kappa shape index (κ3) is 2.32. The Balaban J connectivity index is 1.96. The van der Waals surface area contributed by atoms with Crippen molar-refractivity contribution in [2.24, 2.45) is 0 Å². The third-order valence-electron chi connectivity index (χ3n) is 5.62. The van der Waals surface area contributed by atoms with Gasteiger partial charge < -0.3 is 9.84 Å². The van der Waals surface area contributed by atoms with Gasteiger partial charge in [0.15, 0.2) is 0 Å². The van der Waals surface area contributed by atoms with E-state index in [1.165, 1.54) is 0 Å². The zero-order chi connectivity index (χ0) is 19.1. The Hall–Kier alpha value is -3.36. The number of benzene rings is 4. The van der Waals surface area contributed by atoms with E-state index >= 15 is 0 Å². The summed E-state index contributed by atoms with van der Waals surface area (Å²) in [5.41, 5.74) is 3.28. The second-order valence-corrected chi connectivity index (χ2v) is 7.08. The van der Waals surface area contributed by atoms with Gasteiger partial charge in [-0.3, -0.25) is 0 Å². The van der Waals surface area contributed by atoms with Crippen LogP contribution in [0.5, 0.6) is 5.75 Å². The maximum Gasteiger partial charge on any atom is 0.142 e. The van der Waals surface area contributed by atoms with Crippen molar-refractivity contribution in [3.63, 3.8) is 0 Å². The molecule has 0 heterocycles. The van der Waals surface area contributed by atoms with Crippen molar-refractivity contribution in [3.8, 4) is 5.75 Å². The Kier molecular flexibility index (Phi) is 3.81. The average molecular weight is 364 g/mol. The van der Waals surface area contributed by atoms with Crippen LogP contribution in [0.3, 0.4) is 0 Å². The van der Waals surface area contributed by atoms with E-state index in [-0.39, 0.29) is 0 Å². The second kappa shape index (κ2) is 6.36. The van der Waals surface area contributed by atoms with Gasteiger partial charge in [-0.2, -0.15) is 0 Å². The number of hydrogen-bond acceptors (Lipinski definition) is 2. The lowest BCUT2D eigenvalue weighted by Crippen LogP contribution is -2.30. The lowest BCUT2D eigenvalue weighted by atomic mass is 9.76. The smallest absolute Gasteiger partial charge is 0.142 e. The van der Waals surface area contributed by atoms with Gasteiger partial charge in [0.05, 0.1) is 7.11 Å². The van der Waals surface area contributed by atoms with Crippen LogP contribution in [0.1, 0.15) is 27.8 Å². The van der Waals surface area contributed by atoms with Gasteiger partial charge in [-0.25, -0.2) is 0 Å². The van der Waals surface area contributed by atoms with Crippen molar-refractivity contribution in [2.75, 3.05) is 7.11 Å². The van der Waals surface area contributed by atoms with Gasteiger partial charge in [0.1, 0.15) is 11.4 Å². The molecule has 28 heavy (non-hydrogen) atoms. The number of rotatable bonds is 2. The number of ether oxygens (including phenoxy) is 1. The van der Waals surface area contributed by atoms with Crippen molar-refractivity contribution in [2.45, 2.75) is 5.60 Å². The minimum atomic E-state index is -1.30. The van der Waals surface area contributed by atoms with Crippen LogP contribution >= 0.6 is 0 Å². The van der Waals surface area contributed by atoms with E-state index in [4.69, 9.17) is 4.74 Å². The molecule has 0 saturated heterocycles. The molecule has 1 aliphatic rings. The monoisotopic (exact) mass is 364 g/mol. The van der Waals surface area contributed by atoms with Crippen molar-refractivity contribution >= 4 is 22.9 Å². The molecule has 136 valence electrons. The molecule has 2 nitrogen and oxygen atoms in total. The first-order valence-corrected chi connectivity index (χ1v) is 9.39. The number of methoxy groups -OCH3 is 1. The molecule has 0 unspecified atom stereocenters. The summed E-state index contributed by atoms with van der Waals surface area (Å²) in [6, 6.07) is 28.1. The summed E-state index contributed by atoms with van der Waals surface area (Å²) < 4.78 is 5.68. The molecule has 0 aliphatic heterocycles. The van der Waals surface area contributed by atoms with E-state index in [2.05, 4.69) is 24.3 Å². The minimum Gasteiger partial charge on any atom is -0.496 e. The first-order chi connectivity index (χ1) is 13.7. The first kappa shape index (κ1) is 16.8. The Morgan fingerprint density at radius 2 is 1.18 bits per heavy atom. The van der Waals surface area contributed by atoms with Crippen molar-refractivity contribution in [3.05, 3.63) is 113 Å². The molecule has 0 radical (unpaired) electrons. The average Bonchev–Trinajstić information content (AvgIpc) is 2.89. The molecule has 0 amide bonds. The van der Waals surface area contributed by atoms with Crippen LogP contribution in [0.25, 0.3) is 22.9 Å². The maximum absolute atomic E-state index is 12.4. The van der Waals surface area contributed by atoms with Crippen LogP contribution in [0, 0.1) is 0 Å². The van der Waals surface area contributed by atoms with Crippen LogP contribution in [0.4, 0.5) is 0 Å². The van der Waals surface area contributed by atoms with E-state index in [9.17, 15) is 5.11 Å². The van der Waals surface area contributed by atoms with Crippen LogP contribution in [0.2, 0.25) is 0 Å². The summed E-state index contributed by atoms with van der Waals surface area (Å²) in [6.07, 6.45) is 4.16. The molecule has 4 aromatic rings. The highest BCUT2D eigenvalue weighted by Gasteiger charge is 2.39. The molecule has 0 spiro atoms. The normalized spacial score (nSPS) is 14.2. The summed E-state index contributed by atoms with van der Waals surface area (Å²) in [5.74, 6) is 0.758. The Morgan fingerprint density at radius 3 is 1.79 bits per heavy atom. The van der Waals surface area contributed by atoms with Crippen LogP contribution in [-0.4, -0.2) is 12.2 Å². The fourth-order valence-electron chi connectivity index (χ4n) is 4.34. The molecule has 5 rings (SSSR count). The first-order valence-electron chi connectivity index (χ1n) is 9.39. The molecule has 0 bridgehead atoms. The third-order valence-corrected chi connectivity index (χ3v) is 5.62. The quantitative estimate of drug-likeness (QED) is 0.500. The Morgan fingerprint density at radius 1 is 0.643 bits per heavy atom. The molecule has 0 fully saturated rings. The SMILES string of the molecule is COc1cccc2cccc(C3(O)c4ccccc4C=Cc4ccccc43)c12. The zero-order valence-corrected chi connectivity index (χ0v) is 15.6. The highest BCUT2D eigenvalue weighted by atomic mass is 16.5. The van der Waals surface area contributed by atoms with Gasteiger partial charge in [0.2, 0.25) is 0 Å². The molecule has 0 atom stereocenters. The van der Waals surface area contributed by atoms with E-state index in [0.29, 0.717) is 0 Å². The minimum absolute atomic E-state index is 0.758. The summed E-state index contributed by atoms with van der Waals surface area (Å²) in [5, 5.41) is 14.4. The van der Waals surface area contributed by atoms with Gasteiger partial charge in [-0.05, 0) is 33.7 Å². The maximum atomic E-state index is 12.4. The van der Waals surface area contributed by atoms with E-state index in [1.807, 2.05) is 72.8 Å². The van der Waals surface area contributed by atoms with Crippen LogP contribution < -0.4 is 4.74 Å². The highest BCUT2D eigenvalue weighted by Crippen LogP contribution is 2.46. The van der Waals surface area contributed by atoms with Crippen LogP contribution in [0.15, 0.2) is 84.9 Å². The molecular formula is C26H20O2. The fourth-order valence-corrected chi connectivity index (χ4v) is 4.34. The lowest BCUT2D eigenvalue weighted by molar-refractivity contribution is 0.127. The molecule has 1 N–H and O–H groups in total. The van der Waals surface area contributed by atoms with Crippen LogP contribution in [-0.2, 0) is 5.60 Å². The number of hydrogen-bond donors (Lipinski definition) is 1. The number of aliphatic hydroxyl groups is 1. The number of fused-ring (bicyclic) bond motifs is 3. The largest absolute Gasteiger partial charge is 0.496 e. The molecule has 0 saturated carbocycles. The molecule has 4 aromatic carbocycles. The molecule has 0 aromatic heterocycles. The zero-order valence-electron chi connectivity index (χ0n) is 15.6. The van der Waals surface area contributed by atoms with E-state index in [0.717, 1.165) is 44.3 Å². The molecule has 2 heteroatoms. The second-order valence-electron chi connectivity index (χ2n) is 7.08. The van der Waals surface area contributed by atoms with Gasteiger partial charge in [0, 0.05) is 10.9 Å². The Bertz CT molecular complexity index is 1170. The van der Waals surface area contributed by atoms with E-state index < -0.39 is 5.60 Å². The van der Waals surface area contributed by atoms with Crippen molar-refractivity contribution < 1.29 is 9.84 Å². The van der Waals surface area contributed by atoms with Gasteiger partial charge in [-0.1, -0.05) is 91.0 Å². The summed E-state index contributed by atoms with van der Waals surface area (Å²) in [4.78, 5) is 0. The van der Waals surface area contributed by atoms with Gasteiger partial charge in [-0.15, -0.1) is 0 Å². The molecule has 1 aliphatic carbocycles.